The fourth-order valence-electron chi connectivity index (χ4n) is 2.84. The molecule has 1 heterocycles. The number of aliphatic hydroxyl groups is 1. The molecule has 0 fully saturated rings. The summed E-state index contributed by atoms with van der Waals surface area (Å²) in [4.78, 5) is 12.4. The fraction of sp³-hybridized carbons (Fsp3) is 0.238. The second-order valence-corrected chi connectivity index (χ2v) is 6.34. The highest BCUT2D eigenvalue weighted by atomic mass is 19.1. The van der Waals surface area contributed by atoms with Crippen LogP contribution in [-0.4, -0.2) is 47.1 Å². The van der Waals surface area contributed by atoms with Crippen molar-refractivity contribution >= 4 is 11.6 Å². The smallest absolute Gasteiger partial charge is 0.255 e. The number of carbonyl (C=O) groups is 1. The Morgan fingerprint density at radius 3 is 2.79 bits per heavy atom. The van der Waals surface area contributed by atoms with Crippen LogP contribution >= 0.6 is 0 Å². The molecule has 0 aliphatic rings. The summed E-state index contributed by atoms with van der Waals surface area (Å²) in [5.41, 5.74) is 2.39. The van der Waals surface area contributed by atoms with E-state index in [1.165, 1.54) is 18.2 Å². The lowest BCUT2D eigenvalue weighted by atomic mass is 10.1. The molecule has 152 valence electrons. The Morgan fingerprint density at radius 1 is 1.21 bits per heavy atom. The van der Waals surface area contributed by atoms with Gasteiger partial charge in [0.15, 0.2) is 0 Å². The SMILES string of the molecule is Cn1nccc1-c1cc(NC(=O)c2cccc(F)c2)ccc1OCCNCCO. The second kappa shape index (κ2) is 9.81. The first-order valence-electron chi connectivity index (χ1n) is 9.22. The van der Waals surface area contributed by atoms with Crippen molar-refractivity contribution in [1.82, 2.24) is 15.1 Å². The predicted octanol–water partition coefficient (Wildman–Crippen LogP) is 2.44. The zero-order chi connectivity index (χ0) is 20.6. The first-order chi connectivity index (χ1) is 14.1. The lowest BCUT2D eigenvalue weighted by Gasteiger charge is -2.14. The summed E-state index contributed by atoms with van der Waals surface area (Å²) in [5.74, 6) is -0.225. The summed E-state index contributed by atoms with van der Waals surface area (Å²) in [6.07, 6.45) is 1.68. The van der Waals surface area contributed by atoms with Crippen molar-refractivity contribution in [3.05, 3.63) is 66.1 Å². The minimum absolute atomic E-state index is 0.0694. The van der Waals surface area contributed by atoms with Gasteiger partial charge in [0, 0.05) is 43.1 Å². The number of aryl methyl sites for hydroxylation is 1. The molecule has 0 atom stereocenters. The normalized spacial score (nSPS) is 10.7. The van der Waals surface area contributed by atoms with Gasteiger partial charge < -0.3 is 20.5 Å². The number of rotatable bonds is 9. The number of hydrogen-bond acceptors (Lipinski definition) is 5. The molecule has 8 heteroatoms. The van der Waals surface area contributed by atoms with Crippen LogP contribution in [0, 0.1) is 5.82 Å². The highest BCUT2D eigenvalue weighted by Crippen LogP contribution is 2.32. The maximum atomic E-state index is 13.4. The Morgan fingerprint density at radius 2 is 2.07 bits per heavy atom. The van der Waals surface area contributed by atoms with Gasteiger partial charge in [0.05, 0.1) is 12.3 Å². The van der Waals surface area contributed by atoms with Crippen LogP contribution in [0.25, 0.3) is 11.3 Å². The molecule has 2 aromatic carbocycles. The van der Waals surface area contributed by atoms with E-state index >= 15 is 0 Å². The van der Waals surface area contributed by atoms with Crippen LogP contribution in [0.2, 0.25) is 0 Å². The van der Waals surface area contributed by atoms with Crippen molar-refractivity contribution in [1.29, 1.82) is 0 Å². The summed E-state index contributed by atoms with van der Waals surface area (Å²) in [6.45, 7) is 1.58. The number of carbonyl (C=O) groups excluding carboxylic acids is 1. The van der Waals surface area contributed by atoms with Crippen LogP contribution in [0.1, 0.15) is 10.4 Å². The summed E-state index contributed by atoms with van der Waals surface area (Å²) >= 11 is 0. The van der Waals surface area contributed by atoms with Crippen molar-refractivity contribution in [3.63, 3.8) is 0 Å². The number of nitrogens with zero attached hydrogens (tertiary/aromatic N) is 2. The third-order valence-electron chi connectivity index (χ3n) is 4.25. The number of ether oxygens (including phenoxy) is 1. The summed E-state index contributed by atoms with van der Waals surface area (Å²) < 4.78 is 21.0. The van der Waals surface area contributed by atoms with E-state index in [1.54, 1.807) is 35.1 Å². The summed E-state index contributed by atoms with van der Waals surface area (Å²) in [5, 5.41) is 18.8. The van der Waals surface area contributed by atoms with Crippen molar-refractivity contribution in [2.75, 3.05) is 31.6 Å². The molecule has 1 aromatic heterocycles. The van der Waals surface area contributed by atoms with E-state index in [-0.39, 0.29) is 12.2 Å². The molecule has 3 N–H and O–H groups in total. The number of benzene rings is 2. The average molecular weight is 398 g/mol. The van der Waals surface area contributed by atoms with Gasteiger partial charge in [-0.25, -0.2) is 4.39 Å². The van der Waals surface area contributed by atoms with Gasteiger partial charge in [0.2, 0.25) is 0 Å². The van der Waals surface area contributed by atoms with Gasteiger partial charge in [0.25, 0.3) is 5.91 Å². The van der Waals surface area contributed by atoms with Crippen LogP contribution in [0.4, 0.5) is 10.1 Å². The van der Waals surface area contributed by atoms with Crippen molar-refractivity contribution in [3.8, 4) is 17.0 Å². The molecule has 1 amide bonds. The maximum Gasteiger partial charge on any atom is 0.255 e. The quantitative estimate of drug-likeness (QED) is 0.482. The minimum Gasteiger partial charge on any atom is -0.492 e. The van der Waals surface area contributed by atoms with E-state index < -0.39 is 11.7 Å². The van der Waals surface area contributed by atoms with Crippen LogP contribution in [0.5, 0.6) is 5.75 Å². The van der Waals surface area contributed by atoms with Crippen LogP contribution < -0.4 is 15.4 Å². The van der Waals surface area contributed by atoms with E-state index in [1.807, 2.05) is 13.1 Å². The van der Waals surface area contributed by atoms with E-state index in [9.17, 15) is 9.18 Å². The van der Waals surface area contributed by atoms with Crippen LogP contribution in [0.3, 0.4) is 0 Å². The summed E-state index contributed by atoms with van der Waals surface area (Å²) in [6, 6.07) is 12.7. The van der Waals surface area contributed by atoms with Gasteiger partial charge >= 0.3 is 0 Å². The highest BCUT2D eigenvalue weighted by Gasteiger charge is 2.13. The zero-order valence-corrected chi connectivity index (χ0v) is 16.1. The topological polar surface area (TPSA) is 88.4 Å². The number of halogens is 1. The summed E-state index contributed by atoms with van der Waals surface area (Å²) in [7, 11) is 1.82. The van der Waals surface area contributed by atoms with Gasteiger partial charge in [-0.15, -0.1) is 0 Å². The molecule has 0 spiro atoms. The molecular formula is C21H23FN4O3. The Bertz CT molecular complexity index is 974. The van der Waals surface area contributed by atoms with E-state index in [0.717, 1.165) is 11.3 Å². The van der Waals surface area contributed by atoms with E-state index in [2.05, 4.69) is 15.7 Å². The van der Waals surface area contributed by atoms with E-state index in [4.69, 9.17) is 9.84 Å². The third-order valence-corrected chi connectivity index (χ3v) is 4.25. The van der Waals surface area contributed by atoms with Crippen molar-refractivity contribution in [2.45, 2.75) is 0 Å². The Hall–Kier alpha value is -3.23. The third kappa shape index (κ3) is 5.40. The molecule has 0 aliphatic heterocycles. The number of hydrogen-bond donors (Lipinski definition) is 3. The number of amides is 1. The molecule has 0 saturated heterocycles. The molecule has 3 rings (SSSR count). The van der Waals surface area contributed by atoms with Gasteiger partial charge in [-0.05, 0) is 42.5 Å². The lowest BCUT2D eigenvalue weighted by molar-refractivity contribution is 0.102. The van der Waals surface area contributed by atoms with Gasteiger partial charge in [-0.2, -0.15) is 5.10 Å². The Kier molecular flexibility index (Phi) is 6.94. The predicted molar refractivity (Wildman–Crippen MR) is 108 cm³/mol. The number of aromatic nitrogens is 2. The molecule has 0 unspecified atom stereocenters. The van der Waals surface area contributed by atoms with Gasteiger partial charge in [-0.1, -0.05) is 6.07 Å². The number of anilines is 1. The molecular weight excluding hydrogens is 375 g/mol. The first kappa shape index (κ1) is 20.5. The van der Waals surface area contributed by atoms with Crippen LogP contribution in [-0.2, 0) is 7.05 Å². The van der Waals surface area contributed by atoms with Gasteiger partial charge in [-0.3, -0.25) is 9.48 Å². The molecule has 0 aliphatic carbocycles. The number of nitrogens with one attached hydrogen (secondary N) is 2. The van der Waals surface area contributed by atoms with Crippen molar-refractivity contribution < 1.29 is 19.0 Å². The van der Waals surface area contributed by atoms with E-state index in [0.29, 0.717) is 31.1 Å². The highest BCUT2D eigenvalue weighted by molar-refractivity contribution is 6.04. The lowest BCUT2D eigenvalue weighted by Crippen LogP contribution is -2.24. The van der Waals surface area contributed by atoms with Crippen molar-refractivity contribution in [2.24, 2.45) is 7.05 Å². The molecule has 0 bridgehead atoms. The molecule has 3 aromatic rings. The molecule has 0 radical (unpaired) electrons. The second-order valence-electron chi connectivity index (χ2n) is 6.34. The van der Waals surface area contributed by atoms with Gasteiger partial charge in [0.1, 0.15) is 18.2 Å². The maximum absolute atomic E-state index is 13.4. The Labute approximate surface area is 168 Å². The minimum atomic E-state index is -0.466. The molecule has 0 saturated carbocycles. The first-order valence-corrected chi connectivity index (χ1v) is 9.22. The van der Waals surface area contributed by atoms with Crippen LogP contribution in [0.15, 0.2) is 54.7 Å². The number of aliphatic hydroxyl groups excluding tert-OH is 1. The molecule has 7 nitrogen and oxygen atoms in total. The fourth-order valence-corrected chi connectivity index (χ4v) is 2.84. The largest absolute Gasteiger partial charge is 0.492 e. The monoisotopic (exact) mass is 398 g/mol. The zero-order valence-electron chi connectivity index (χ0n) is 16.1. The Balaban J connectivity index is 1.80. The standard InChI is InChI=1S/C21H23FN4O3/c1-26-19(7-8-24-26)18-14-17(5-6-20(18)29-12-10-23-9-11-27)25-21(28)15-3-2-4-16(22)13-15/h2-8,13-14,23,27H,9-12H2,1H3,(H,25,28). The molecule has 29 heavy (non-hydrogen) atoms. The average Bonchev–Trinajstić information content (AvgIpc) is 3.14.